The molecule has 2 aromatic rings. The number of hydrogen-bond acceptors (Lipinski definition) is 3. The lowest BCUT2D eigenvalue weighted by molar-refractivity contribution is -0.117. The highest BCUT2D eigenvalue weighted by molar-refractivity contribution is 6.31. The maximum atomic E-state index is 12.7. The van der Waals surface area contributed by atoms with E-state index in [9.17, 15) is 9.59 Å². The van der Waals surface area contributed by atoms with E-state index >= 15 is 0 Å². The van der Waals surface area contributed by atoms with Crippen molar-refractivity contribution in [3.8, 4) is 0 Å². The van der Waals surface area contributed by atoms with Gasteiger partial charge in [0.25, 0.3) is 11.8 Å². The molecule has 2 amide bonds. The molecule has 0 radical (unpaired) electrons. The van der Waals surface area contributed by atoms with Gasteiger partial charge in [-0.25, -0.2) is 5.01 Å². The van der Waals surface area contributed by atoms with Gasteiger partial charge in [-0.05, 0) is 55.7 Å². The van der Waals surface area contributed by atoms with E-state index in [2.05, 4.69) is 24.2 Å². The third-order valence-corrected chi connectivity index (χ3v) is 4.74. The van der Waals surface area contributed by atoms with Crippen molar-refractivity contribution in [2.45, 2.75) is 33.6 Å². The van der Waals surface area contributed by atoms with Gasteiger partial charge in [0, 0.05) is 18.8 Å². The summed E-state index contributed by atoms with van der Waals surface area (Å²) < 4.78 is 0. The van der Waals surface area contributed by atoms with Crippen LogP contribution in [0.1, 0.15) is 37.8 Å². The molecule has 0 saturated carbocycles. The maximum absolute atomic E-state index is 12.7. The molecular formula is C23H27N3O2. The van der Waals surface area contributed by atoms with Crippen LogP contribution >= 0.6 is 0 Å². The lowest BCUT2D eigenvalue weighted by Crippen LogP contribution is -2.35. The summed E-state index contributed by atoms with van der Waals surface area (Å²) in [4.78, 5) is 27.4. The van der Waals surface area contributed by atoms with Gasteiger partial charge in [0.15, 0.2) is 0 Å². The third-order valence-electron chi connectivity index (χ3n) is 4.74. The summed E-state index contributed by atoms with van der Waals surface area (Å²) in [6, 6.07) is 15.5. The molecule has 5 heteroatoms. The summed E-state index contributed by atoms with van der Waals surface area (Å²) in [5.74, 6) is -0.718. The van der Waals surface area contributed by atoms with Crippen molar-refractivity contribution in [3.05, 3.63) is 65.2 Å². The van der Waals surface area contributed by atoms with Crippen LogP contribution in [-0.2, 0) is 9.59 Å². The molecule has 28 heavy (non-hydrogen) atoms. The first kappa shape index (κ1) is 19.7. The predicted octanol–water partition coefficient (Wildman–Crippen LogP) is 4.08. The number of hydrogen-bond donors (Lipinski definition) is 1. The van der Waals surface area contributed by atoms with E-state index in [-0.39, 0.29) is 17.4 Å². The average molecular weight is 377 g/mol. The number of benzene rings is 2. The Balaban J connectivity index is 1.80. The largest absolute Gasteiger partial charge is 0.372 e. The van der Waals surface area contributed by atoms with E-state index < -0.39 is 0 Å². The maximum Gasteiger partial charge on any atom is 0.282 e. The van der Waals surface area contributed by atoms with Crippen LogP contribution in [0.2, 0.25) is 0 Å². The van der Waals surface area contributed by atoms with Gasteiger partial charge >= 0.3 is 0 Å². The standard InChI is InChI=1S/C23H27N3O2/c1-4-14-25(15-5-2)19-12-8-18(9-13-19)16-21-22(27)24-26(23(21)28)20-10-6-17(3)7-11-20/h6-13,16H,4-5,14-15H2,1-3H3,(H,24,27). The summed E-state index contributed by atoms with van der Waals surface area (Å²) in [6.07, 6.45) is 3.84. The molecule has 5 nitrogen and oxygen atoms in total. The number of amides is 2. The smallest absolute Gasteiger partial charge is 0.282 e. The highest BCUT2D eigenvalue weighted by Gasteiger charge is 2.34. The van der Waals surface area contributed by atoms with Gasteiger partial charge in [0.1, 0.15) is 5.57 Å². The van der Waals surface area contributed by atoms with Crippen molar-refractivity contribution in [2.24, 2.45) is 0 Å². The van der Waals surface area contributed by atoms with Crippen LogP contribution in [0.4, 0.5) is 11.4 Å². The third kappa shape index (κ3) is 4.25. The van der Waals surface area contributed by atoms with Crippen LogP contribution < -0.4 is 15.3 Å². The molecular weight excluding hydrogens is 350 g/mol. The molecule has 0 aromatic heterocycles. The molecule has 0 aliphatic carbocycles. The molecule has 3 rings (SSSR count). The first-order chi connectivity index (χ1) is 13.5. The molecule has 0 spiro atoms. The minimum absolute atomic E-state index is 0.146. The zero-order chi connectivity index (χ0) is 20.1. The minimum atomic E-state index is -0.381. The second kappa shape index (κ2) is 8.74. The summed E-state index contributed by atoms with van der Waals surface area (Å²) in [5.41, 5.74) is 6.53. The number of rotatable bonds is 7. The second-order valence-corrected chi connectivity index (χ2v) is 7.05. The van der Waals surface area contributed by atoms with Crippen LogP contribution in [0.5, 0.6) is 0 Å². The number of anilines is 2. The Bertz CT molecular complexity index is 864. The van der Waals surface area contributed by atoms with Crippen LogP contribution in [0.3, 0.4) is 0 Å². The van der Waals surface area contributed by atoms with Crippen LogP contribution in [0.15, 0.2) is 54.1 Å². The molecule has 1 N–H and O–H groups in total. The molecule has 1 fully saturated rings. The number of nitrogens with one attached hydrogen (secondary N) is 1. The number of aryl methyl sites for hydroxylation is 1. The van der Waals surface area contributed by atoms with E-state index in [0.717, 1.165) is 42.7 Å². The number of carbonyl (C=O) groups is 2. The van der Waals surface area contributed by atoms with Crippen molar-refractivity contribution < 1.29 is 9.59 Å². The fourth-order valence-electron chi connectivity index (χ4n) is 3.29. The van der Waals surface area contributed by atoms with Gasteiger partial charge in [0.2, 0.25) is 0 Å². The fraction of sp³-hybridized carbons (Fsp3) is 0.304. The normalized spacial score (nSPS) is 15.2. The van der Waals surface area contributed by atoms with Crippen molar-refractivity contribution in [1.29, 1.82) is 0 Å². The summed E-state index contributed by atoms with van der Waals surface area (Å²) in [6.45, 7) is 8.35. The first-order valence-corrected chi connectivity index (χ1v) is 9.82. The summed E-state index contributed by atoms with van der Waals surface area (Å²) in [7, 11) is 0. The zero-order valence-electron chi connectivity index (χ0n) is 16.7. The van der Waals surface area contributed by atoms with Crippen molar-refractivity contribution in [1.82, 2.24) is 5.43 Å². The molecule has 1 heterocycles. The van der Waals surface area contributed by atoms with E-state index in [4.69, 9.17) is 0 Å². The predicted molar refractivity (Wildman–Crippen MR) is 114 cm³/mol. The van der Waals surface area contributed by atoms with E-state index in [1.54, 1.807) is 6.08 Å². The van der Waals surface area contributed by atoms with Gasteiger partial charge in [-0.1, -0.05) is 43.7 Å². The molecule has 146 valence electrons. The number of nitrogens with zero attached hydrogens (tertiary/aromatic N) is 2. The Morgan fingerprint density at radius 2 is 1.54 bits per heavy atom. The highest BCUT2D eigenvalue weighted by atomic mass is 16.2. The van der Waals surface area contributed by atoms with Gasteiger partial charge < -0.3 is 4.90 Å². The van der Waals surface area contributed by atoms with Gasteiger partial charge in [-0.15, -0.1) is 0 Å². The lowest BCUT2D eigenvalue weighted by atomic mass is 10.1. The van der Waals surface area contributed by atoms with Gasteiger partial charge in [-0.3, -0.25) is 15.0 Å². The average Bonchev–Trinajstić information content (AvgIpc) is 2.97. The van der Waals surface area contributed by atoms with Crippen LogP contribution in [0, 0.1) is 6.92 Å². The molecule has 1 aliphatic heterocycles. The summed E-state index contributed by atoms with van der Waals surface area (Å²) >= 11 is 0. The van der Waals surface area contributed by atoms with Crippen LogP contribution in [0.25, 0.3) is 6.08 Å². The molecule has 1 aliphatic rings. The molecule has 0 unspecified atom stereocenters. The Hall–Kier alpha value is -3.08. The topological polar surface area (TPSA) is 52.7 Å². The van der Waals surface area contributed by atoms with Crippen LogP contribution in [-0.4, -0.2) is 24.9 Å². The Morgan fingerprint density at radius 1 is 0.929 bits per heavy atom. The van der Waals surface area contributed by atoms with Gasteiger partial charge in [0.05, 0.1) is 5.69 Å². The molecule has 2 aromatic carbocycles. The quantitative estimate of drug-likeness (QED) is 0.584. The Morgan fingerprint density at radius 3 is 2.11 bits per heavy atom. The fourth-order valence-corrected chi connectivity index (χ4v) is 3.29. The van der Waals surface area contributed by atoms with Crippen molar-refractivity contribution >= 4 is 29.3 Å². The second-order valence-electron chi connectivity index (χ2n) is 7.05. The SMILES string of the molecule is CCCN(CCC)c1ccc(C=C2C(=O)NN(c3ccc(C)cc3)C2=O)cc1. The van der Waals surface area contributed by atoms with E-state index in [0.29, 0.717) is 5.69 Å². The first-order valence-electron chi connectivity index (χ1n) is 9.82. The minimum Gasteiger partial charge on any atom is -0.372 e. The molecule has 1 saturated heterocycles. The number of carbonyl (C=O) groups excluding carboxylic acids is 2. The van der Waals surface area contributed by atoms with E-state index in [1.165, 1.54) is 5.01 Å². The number of hydrazine groups is 1. The van der Waals surface area contributed by atoms with Crippen molar-refractivity contribution in [2.75, 3.05) is 23.0 Å². The molecule has 0 bridgehead atoms. The Kier molecular flexibility index (Phi) is 6.14. The monoisotopic (exact) mass is 377 g/mol. The van der Waals surface area contributed by atoms with Gasteiger partial charge in [-0.2, -0.15) is 0 Å². The van der Waals surface area contributed by atoms with Crippen molar-refractivity contribution in [3.63, 3.8) is 0 Å². The molecule has 0 atom stereocenters. The Labute approximate surface area is 166 Å². The lowest BCUT2D eigenvalue weighted by Gasteiger charge is -2.23. The zero-order valence-corrected chi connectivity index (χ0v) is 16.7. The van der Waals surface area contributed by atoms with E-state index in [1.807, 2.05) is 55.5 Å². The summed E-state index contributed by atoms with van der Waals surface area (Å²) in [5, 5.41) is 1.30. The highest BCUT2D eigenvalue weighted by Crippen LogP contribution is 2.23.